The average Bonchev–Trinajstić information content (AvgIpc) is 2.26. The van der Waals surface area contributed by atoms with Gasteiger partial charge in [0.15, 0.2) is 0 Å². The van der Waals surface area contributed by atoms with E-state index in [1.165, 1.54) is 0 Å². The van der Waals surface area contributed by atoms with Crippen molar-refractivity contribution in [2.45, 2.75) is 6.10 Å². The summed E-state index contributed by atoms with van der Waals surface area (Å²) < 4.78 is 9.26. The number of aliphatic carboxylic acids is 1. The second-order valence-electron chi connectivity index (χ2n) is 2.67. The largest absolute Gasteiger partial charge is 0.478 e. The van der Waals surface area contributed by atoms with E-state index in [0.717, 1.165) is 7.11 Å². The van der Waals surface area contributed by atoms with E-state index in [-0.39, 0.29) is 0 Å². The molecule has 1 aromatic carbocycles. The first-order valence-electron chi connectivity index (χ1n) is 4.17. The van der Waals surface area contributed by atoms with Crippen LogP contribution in [0.3, 0.4) is 0 Å². The Morgan fingerprint density at radius 1 is 1.27 bits per heavy atom. The SMILES string of the molecule is COC(=O)C(Oc1ccccc1)C(=O)O. The van der Waals surface area contributed by atoms with E-state index in [4.69, 9.17) is 9.84 Å². The maximum atomic E-state index is 11.0. The molecule has 0 radical (unpaired) electrons. The summed E-state index contributed by atoms with van der Waals surface area (Å²) in [7, 11) is 1.10. The third kappa shape index (κ3) is 2.98. The Balaban J connectivity index is 2.76. The predicted octanol–water partition coefficient (Wildman–Crippen LogP) is 0.692. The molecule has 1 rings (SSSR count). The van der Waals surface area contributed by atoms with Gasteiger partial charge in [0.1, 0.15) is 5.75 Å². The standard InChI is InChI=1S/C10H10O5/c1-14-10(13)8(9(11)12)15-7-5-3-2-4-6-7/h2-6,8H,1H3,(H,11,12). The zero-order valence-electron chi connectivity index (χ0n) is 8.04. The van der Waals surface area contributed by atoms with Crippen molar-refractivity contribution in [2.24, 2.45) is 0 Å². The van der Waals surface area contributed by atoms with E-state index in [1.807, 2.05) is 0 Å². The maximum Gasteiger partial charge on any atom is 0.359 e. The van der Waals surface area contributed by atoms with Crippen LogP contribution in [0, 0.1) is 0 Å². The van der Waals surface area contributed by atoms with Crippen molar-refractivity contribution < 1.29 is 24.2 Å². The Bertz CT molecular complexity index is 346. The van der Waals surface area contributed by atoms with Gasteiger partial charge in [-0.05, 0) is 12.1 Å². The molecule has 15 heavy (non-hydrogen) atoms. The van der Waals surface area contributed by atoms with Gasteiger partial charge >= 0.3 is 11.9 Å². The Kier molecular flexibility index (Phi) is 3.68. The van der Waals surface area contributed by atoms with E-state index in [9.17, 15) is 9.59 Å². The summed E-state index contributed by atoms with van der Waals surface area (Å²) in [6, 6.07) is 8.20. The minimum absolute atomic E-state index is 0.301. The van der Waals surface area contributed by atoms with Gasteiger partial charge in [-0.3, -0.25) is 0 Å². The van der Waals surface area contributed by atoms with Crippen LogP contribution in [0.4, 0.5) is 0 Å². The van der Waals surface area contributed by atoms with Crippen LogP contribution in [-0.2, 0) is 14.3 Å². The highest BCUT2D eigenvalue weighted by molar-refractivity contribution is 5.97. The smallest absolute Gasteiger partial charge is 0.359 e. The molecule has 1 N–H and O–H groups in total. The molecular formula is C10H10O5. The first-order chi connectivity index (χ1) is 7.15. The van der Waals surface area contributed by atoms with E-state index in [0.29, 0.717) is 5.75 Å². The molecule has 5 nitrogen and oxygen atoms in total. The molecule has 0 aliphatic carbocycles. The van der Waals surface area contributed by atoms with Crippen molar-refractivity contribution in [1.29, 1.82) is 0 Å². The van der Waals surface area contributed by atoms with Gasteiger partial charge in [-0.1, -0.05) is 18.2 Å². The molecule has 5 heteroatoms. The number of methoxy groups -OCH3 is 1. The number of hydrogen-bond donors (Lipinski definition) is 1. The summed E-state index contributed by atoms with van der Waals surface area (Å²) in [5.74, 6) is -2.02. The molecule has 0 fully saturated rings. The third-order valence-electron chi connectivity index (χ3n) is 1.64. The fourth-order valence-electron chi connectivity index (χ4n) is 0.942. The zero-order valence-corrected chi connectivity index (χ0v) is 8.04. The molecule has 0 bridgehead atoms. The third-order valence-corrected chi connectivity index (χ3v) is 1.64. The van der Waals surface area contributed by atoms with Crippen molar-refractivity contribution in [1.82, 2.24) is 0 Å². The molecule has 0 aliphatic heterocycles. The highest BCUT2D eigenvalue weighted by atomic mass is 16.6. The number of ether oxygens (including phenoxy) is 2. The molecule has 0 saturated carbocycles. The Morgan fingerprint density at radius 2 is 1.87 bits per heavy atom. The van der Waals surface area contributed by atoms with Gasteiger partial charge in [0.25, 0.3) is 6.10 Å². The van der Waals surface area contributed by atoms with Gasteiger partial charge in [0, 0.05) is 0 Å². The summed E-state index contributed by atoms with van der Waals surface area (Å²) in [5, 5.41) is 8.71. The van der Waals surface area contributed by atoms with Crippen LogP contribution >= 0.6 is 0 Å². The molecule has 0 heterocycles. The number of rotatable bonds is 4. The Morgan fingerprint density at radius 3 is 2.33 bits per heavy atom. The van der Waals surface area contributed by atoms with Crippen molar-refractivity contribution in [3.63, 3.8) is 0 Å². The molecule has 80 valence electrons. The lowest BCUT2D eigenvalue weighted by atomic mass is 10.3. The molecular weight excluding hydrogens is 200 g/mol. The number of carboxylic acid groups (broad SMARTS) is 1. The van der Waals surface area contributed by atoms with Gasteiger partial charge in [0.2, 0.25) is 0 Å². The number of esters is 1. The van der Waals surface area contributed by atoms with Crippen LogP contribution in [0.1, 0.15) is 0 Å². The summed E-state index contributed by atoms with van der Waals surface area (Å²) in [6.45, 7) is 0. The molecule has 0 saturated heterocycles. The molecule has 1 aromatic rings. The van der Waals surface area contributed by atoms with Crippen molar-refractivity contribution >= 4 is 11.9 Å². The van der Waals surface area contributed by atoms with Gasteiger partial charge in [-0.2, -0.15) is 0 Å². The first-order valence-corrected chi connectivity index (χ1v) is 4.17. The van der Waals surface area contributed by atoms with Crippen molar-refractivity contribution in [3.8, 4) is 5.75 Å². The van der Waals surface area contributed by atoms with Crippen LogP contribution in [0.2, 0.25) is 0 Å². The Labute approximate surface area is 86.2 Å². The normalized spacial score (nSPS) is 11.5. The van der Waals surface area contributed by atoms with E-state index in [1.54, 1.807) is 30.3 Å². The zero-order chi connectivity index (χ0) is 11.3. The number of carbonyl (C=O) groups excluding carboxylic acids is 1. The lowest BCUT2D eigenvalue weighted by Gasteiger charge is -2.12. The van der Waals surface area contributed by atoms with Crippen LogP contribution in [0.5, 0.6) is 5.75 Å². The van der Waals surface area contributed by atoms with Gasteiger partial charge < -0.3 is 14.6 Å². The number of para-hydroxylation sites is 1. The molecule has 1 atom stereocenters. The van der Waals surface area contributed by atoms with Crippen molar-refractivity contribution in [3.05, 3.63) is 30.3 Å². The summed E-state index contributed by atoms with van der Waals surface area (Å²) in [4.78, 5) is 21.7. The monoisotopic (exact) mass is 210 g/mol. The summed E-state index contributed by atoms with van der Waals surface area (Å²) in [6.07, 6.45) is -1.63. The predicted molar refractivity (Wildman–Crippen MR) is 50.5 cm³/mol. The number of hydrogen-bond acceptors (Lipinski definition) is 4. The van der Waals surface area contributed by atoms with Crippen LogP contribution in [0.15, 0.2) is 30.3 Å². The summed E-state index contributed by atoms with van der Waals surface area (Å²) in [5.41, 5.74) is 0. The van der Waals surface area contributed by atoms with Crippen LogP contribution in [-0.4, -0.2) is 30.3 Å². The van der Waals surface area contributed by atoms with Crippen LogP contribution < -0.4 is 4.74 Å². The first kappa shape index (κ1) is 11.0. The van der Waals surface area contributed by atoms with Gasteiger partial charge in [-0.15, -0.1) is 0 Å². The molecule has 1 unspecified atom stereocenters. The average molecular weight is 210 g/mol. The number of carbonyl (C=O) groups is 2. The van der Waals surface area contributed by atoms with Crippen LogP contribution in [0.25, 0.3) is 0 Å². The van der Waals surface area contributed by atoms with E-state index in [2.05, 4.69) is 4.74 Å². The van der Waals surface area contributed by atoms with Crippen molar-refractivity contribution in [2.75, 3.05) is 7.11 Å². The maximum absolute atomic E-state index is 11.0. The van der Waals surface area contributed by atoms with E-state index >= 15 is 0 Å². The second kappa shape index (κ2) is 4.99. The fraction of sp³-hybridized carbons (Fsp3) is 0.200. The highest BCUT2D eigenvalue weighted by Crippen LogP contribution is 2.11. The Hall–Kier alpha value is -2.04. The van der Waals surface area contributed by atoms with Gasteiger partial charge in [0.05, 0.1) is 7.11 Å². The number of carboxylic acids is 1. The lowest BCUT2D eigenvalue weighted by molar-refractivity contribution is -0.161. The fourth-order valence-corrected chi connectivity index (χ4v) is 0.942. The van der Waals surface area contributed by atoms with E-state index < -0.39 is 18.0 Å². The topological polar surface area (TPSA) is 72.8 Å². The second-order valence-corrected chi connectivity index (χ2v) is 2.67. The molecule has 0 aliphatic rings. The highest BCUT2D eigenvalue weighted by Gasteiger charge is 2.29. The van der Waals surface area contributed by atoms with Gasteiger partial charge in [-0.25, -0.2) is 9.59 Å². The number of benzene rings is 1. The minimum atomic E-state index is -1.63. The molecule has 0 amide bonds. The summed E-state index contributed by atoms with van der Waals surface area (Å²) >= 11 is 0. The lowest BCUT2D eigenvalue weighted by Crippen LogP contribution is -2.36. The quantitative estimate of drug-likeness (QED) is 0.584. The molecule has 0 aromatic heterocycles. The minimum Gasteiger partial charge on any atom is -0.478 e. The molecule has 0 spiro atoms.